The minimum Gasteiger partial charge on any atom is -0.396 e. The molecule has 3 nitrogen and oxygen atoms in total. The van der Waals surface area contributed by atoms with Gasteiger partial charge in [0.25, 0.3) is 0 Å². The first-order chi connectivity index (χ1) is 8.60. The maximum Gasteiger partial charge on any atom is 0.130 e. The van der Waals surface area contributed by atoms with Crippen LogP contribution in [-0.2, 0) is 6.54 Å². The number of hydrogen-bond acceptors (Lipinski definition) is 3. The highest BCUT2D eigenvalue weighted by Gasteiger charge is 2.31. The molecule has 18 heavy (non-hydrogen) atoms. The molecule has 1 aromatic carbocycles. The molecule has 1 aliphatic rings. The molecular formula is C13H17F2NO2. The highest BCUT2D eigenvalue weighted by atomic mass is 19.1. The van der Waals surface area contributed by atoms with Gasteiger partial charge in [0, 0.05) is 36.7 Å². The van der Waals surface area contributed by atoms with Gasteiger partial charge >= 0.3 is 0 Å². The third-order valence-electron chi connectivity index (χ3n) is 3.49. The predicted octanol–water partition coefficient (Wildman–Crippen LogP) is 1.19. The molecule has 1 saturated carbocycles. The van der Waals surface area contributed by atoms with E-state index < -0.39 is 17.7 Å². The van der Waals surface area contributed by atoms with Crippen LogP contribution in [0.2, 0.25) is 0 Å². The van der Waals surface area contributed by atoms with Crippen LogP contribution in [0.15, 0.2) is 18.2 Å². The Hall–Kier alpha value is -1.04. The second-order valence-corrected chi connectivity index (χ2v) is 4.79. The van der Waals surface area contributed by atoms with Gasteiger partial charge < -0.3 is 15.5 Å². The number of rotatable bonds is 4. The van der Waals surface area contributed by atoms with E-state index in [0.717, 1.165) is 6.07 Å². The lowest BCUT2D eigenvalue weighted by molar-refractivity contribution is 0.0907. The summed E-state index contributed by atoms with van der Waals surface area (Å²) in [6.45, 7) is 0.256. The summed E-state index contributed by atoms with van der Waals surface area (Å²) in [5.41, 5.74) is 0.401. The van der Waals surface area contributed by atoms with Crippen LogP contribution in [0.25, 0.3) is 0 Å². The number of hydrogen-bond donors (Lipinski definition) is 3. The third kappa shape index (κ3) is 3.04. The Balaban J connectivity index is 1.89. The van der Waals surface area contributed by atoms with Crippen molar-refractivity contribution in [2.45, 2.75) is 31.5 Å². The lowest BCUT2D eigenvalue weighted by atomic mass is 10.1. The van der Waals surface area contributed by atoms with Crippen LogP contribution in [-0.4, -0.2) is 29.0 Å². The number of aliphatic hydroxyl groups is 2. The fraction of sp³-hybridized carbons (Fsp3) is 0.538. The van der Waals surface area contributed by atoms with Crippen LogP contribution >= 0.6 is 0 Å². The van der Waals surface area contributed by atoms with E-state index in [9.17, 15) is 13.9 Å². The average Bonchev–Trinajstić information content (AvgIpc) is 2.69. The SMILES string of the molecule is OC[C@H]1C[C@H](NCc2ccc(F)cc2F)C[C@H]1O. The first-order valence-electron chi connectivity index (χ1n) is 6.06. The topological polar surface area (TPSA) is 52.5 Å². The Bertz CT molecular complexity index is 414. The van der Waals surface area contributed by atoms with E-state index in [4.69, 9.17) is 5.11 Å². The molecule has 1 fully saturated rings. The summed E-state index contributed by atoms with van der Waals surface area (Å²) in [5.74, 6) is -1.27. The van der Waals surface area contributed by atoms with E-state index in [1.165, 1.54) is 12.1 Å². The fourth-order valence-electron chi connectivity index (χ4n) is 2.38. The number of halogens is 2. The first kappa shape index (κ1) is 13.4. The molecule has 0 spiro atoms. The summed E-state index contributed by atoms with van der Waals surface area (Å²) >= 11 is 0. The van der Waals surface area contributed by atoms with Crippen molar-refractivity contribution in [2.75, 3.05) is 6.61 Å². The van der Waals surface area contributed by atoms with Gasteiger partial charge in [-0.05, 0) is 18.9 Å². The Morgan fingerprint density at radius 2 is 2.06 bits per heavy atom. The monoisotopic (exact) mass is 257 g/mol. The molecule has 0 heterocycles. The van der Waals surface area contributed by atoms with Crippen molar-refractivity contribution in [3.05, 3.63) is 35.4 Å². The molecule has 3 N–H and O–H groups in total. The molecule has 0 amide bonds. The third-order valence-corrected chi connectivity index (χ3v) is 3.49. The van der Waals surface area contributed by atoms with Gasteiger partial charge in [-0.25, -0.2) is 8.78 Å². The van der Waals surface area contributed by atoms with E-state index in [1.54, 1.807) is 0 Å². The smallest absolute Gasteiger partial charge is 0.130 e. The quantitative estimate of drug-likeness (QED) is 0.759. The van der Waals surface area contributed by atoms with Gasteiger partial charge in [-0.15, -0.1) is 0 Å². The van der Waals surface area contributed by atoms with Crippen LogP contribution in [0, 0.1) is 17.6 Å². The van der Waals surface area contributed by atoms with Crippen LogP contribution in [0.3, 0.4) is 0 Å². The number of benzene rings is 1. The number of aliphatic hydroxyl groups excluding tert-OH is 2. The molecule has 3 atom stereocenters. The van der Waals surface area contributed by atoms with Crippen LogP contribution in [0.4, 0.5) is 8.78 Å². The molecule has 5 heteroatoms. The largest absolute Gasteiger partial charge is 0.396 e. The van der Waals surface area contributed by atoms with Gasteiger partial charge in [0.1, 0.15) is 11.6 Å². The maximum atomic E-state index is 13.4. The van der Waals surface area contributed by atoms with E-state index in [2.05, 4.69) is 5.32 Å². The van der Waals surface area contributed by atoms with Crippen molar-refractivity contribution in [3.8, 4) is 0 Å². The molecule has 2 rings (SSSR count). The zero-order valence-corrected chi connectivity index (χ0v) is 9.94. The fourth-order valence-corrected chi connectivity index (χ4v) is 2.38. The average molecular weight is 257 g/mol. The van der Waals surface area contributed by atoms with E-state index in [1.807, 2.05) is 0 Å². The van der Waals surface area contributed by atoms with Crippen molar-refractivity contribution in [1.29, 1.82) is 0 Å². The van der Waals surface area contributed by atoms with E-state index in [-0.39, 0.29) is 18.6 Å². The Kier molecular flexibility index (Phi) is 4.27. The molecule has 0 unspecified atom stereocenters. The Morgan fingerprint density at radius 3 is 2.67 bits per heavy atom. The van der Waals surface area contributed by atoms with Crippen LogP contribution in [0.1, 0.15) is 18.4 Å². The molecule has 1 aliphatic carbocycles. The van der Waals surface area contributed by atoms with Crippen LogP contribution < -0.4 is 5.32 Å². The number of nitrogens with one attached hydrogen (secondary N) is 1. The van der Waals surface area contributed by atoms with Gasteiger partial charge in [0.15, 0.2) is 0 Å². The molecule has 0 aliphatic heterocycles. The van der Waals surface area contributed by atoms with Gasteiger partial charge in [-0.3, -0.25) is 0 Å². The minimum absolute atomic E-state index is 0.0374. The van der Waals surface area contributed by atoms with Gasteiger partial charge in [-0.2, -0.15) is 0 Å². The van der Waals surface area contributed by atoms with Crippen molar-refractivity contribution < 1.29 is 19.0 Å². The standard InChI is InChI=1S/C13H17F2NO2/c14-10-2-1-8(12(15)4-10)6-16-11-3-9(7-17)13(18)5-11/h1-2,4,9,11,13,16-18H,3,5-7H2/t9-,11+,13-/m1/s1. The highest BCUT2D eigenvalue weighted by Crippen LogP contribution is 2.26. The van der Waals surface area contributed by atoms with Crippen molar-refractivity contribution >= 4 is 0 Å². The van der Waals surface area contributed by atoms with Crippen LogP contribution in [0.5, 0.6) is 0 Å². The molecule has 0 saturated heterocycles. The molecule has 0 aromatic heterocycles. The van der Waals surface area contributed by atoms with Gasteiger partial charge in [-0.1, -0.05) is 6.07 Å². The second kappa shape index (κ2) is 5.73. The zero-order chi connectivity index (χ0) is 13.1. The molecule has 1 aromatic rings. The summed E-state index contributed by atoms with van der Waals surface area (Å²) in [4.78, 5) is 0. The summed E-state index contributed by atoms with van der Waals surface area (Å²) in [6, 6.07) is 3.55. The highest BCUT2D eigenvalue weighted by molar-refractivity contribution is 5.18. The zero-order valence-electron chi connectivity index (χ0n) is 9.94. The van der Waals surface area contributed by atoms with E-state index in [0.29, 0.717) is 24.9 Å². The predicted molar refractivity (Wildman–Crippen MR) is 62.8 cm³/mol. The Morgan fingerprint density at radius 1 is 1.28 bits per heavy atom. The molecule has 0 bridgehead atoms. The summed E-state index contributed by atoms with van der Waals surface area (Å²) in [6.07, 6.45) is 0.708. The van der Waals surface area contributed by atoms with Gasteiger partial charge in [0.05, 0.1) is 6.10 Å². The first-order valence-corrected chi connectivity index (χ1v) is 6.06. The summed E-state index contributed by atoms with van der Waals surface area (Å²) in [5, 5.41) is 21.8. The summed E-state index contributed by atoms with van der Waals surface area (Å²) < 4.78 is 26.1. The van der Waals surface area contributed by atoms with Gasteiger partial charge in [0.2, 0.25) is 0 Å². The normalized spacial score (nSPS) is 27.7. The minimum atomic E-state index is -0.590. The van der Waals surface area contributed by atoms with Crippen molar-refractivity contribution in [1.82, 2.24) is 5.32 Å². The molecule has 0 radical (unpaired) electrons. The van der Waals surface area contributed by atoms with Crippen molar-refractivity contribution in [3.63, 3.8) is 0 Å². The second-order valence-electron chi connectivity index (χ2n) is 4.79. The van der Waals surface area contributed by atoms with Crippen molar-refractivity contribution in [2.24, 2.45) is 5.92 Å². The Labute approximate surface area is 104 Å². The molecular weight excluding hydrogens is 240 g/mol. The van der Waals surface area contributed by atoms with E-state index >= 15 is 0 Å². The summed E-state index contributed by atoms with van der Waals surface area (Å²) in [7, 11) is 0. The lowest BCUT2D eigenvalue weighted by Crippen LogP contribution is -2.27. The molecule has 100 valence electrons. The lowest BCUT2D eigenvalue weighted by Gasteiger charge is -2.12. The maximum absolute atomic E-state index is 13.4.